The van der Waals surface area contributed by atoms with Gasteiger partial charge in [-0.15, -0.1) is 0 Å². The van der Waals surface area contributed by atoms with Crippen LogP contribution < -0.4 is 5.73 Å². The van der Waals surface area contributed by atoms with Gasteiger partial charge >= 0.3 is 5.97 Å². The van der Waals surface area contributed by atoms with Gasteiger partial charge in [0, 0.05) is 12.3 Å². The fourth-order valence-corrected chi connectivity index (χ4v) is 2.07. The second-order valence-corrected chi connectivity index (χ2v) is 4.72. The van der Waals surface area contributed by atoms with Gasteiger partial charge in [0.25, 0.3) is 0 Å². The molecule has 3 N–H and O–H groups in total. The Morgan fingerprint density at radius 1 is 1.35 bits per heavy atom. The van der Waals surface area contributed by atoms with Crippen LogP contribution in [0.3, 0.4) is 0 Å². The van der Waals surface area contributed by atoms with Crippen LogP contribution in [0.15, 0.2) is 18.2 Å². The van der Waals surface area contributed by atoms with Crippen molar-refractivity contribution in [3.05, 3.63) is 29.3 Å². The molecule has 1 aromatic rings. The normalized spacial score (nSPS) is 11.9. The zero-order valence-corrected chi connectivity index (χ0v) is 11.9. The van der Waals surface area contributed by atoms with Gasteiger partial charge in [-0.25, -0.2) is 0 Å². The molecular formula is C15H21NO4. The van der Waals surface area contributed by atoms with E-state index in [1.165, 1.54) is 0 Å². The number of rotatable bonds is 7. The van der Waals surface area contributed by atoms with Crippen molar-refractivity contribution < 1.29 is 19.4 Å². The van der Waals surface area contributed by atoms with Gasteiger partial charge in [-0.05, 0) is 25.5 Å². The molecule has 0 aromatic heterocycles. The van der Waals surface area contributed by atoms with E-state index in [1.807, 2.05) is 6.92 Å². The Kier molecular flexibility index (Phi) is 6.18. The summed E-state index contributed by atoms with van der Waals surface area (Å²) in [7, 11) is 0. The Hall–Kier alpha value is -1.88. The largest absolute Gasteiger partial charge is 0.508 e. The molecule has 0 bridgehead atoms. The summed E-state index contributed by atoms with van der Waals surface area (Å²) in [4.78, 5) is 23.2. The number of ketones is 1. The number of Topliss-reactive ketones (excluding diaryl/α,β-unsaturated/α-hetero) is 1. The molecule has 0 saturated carbocycles. The van der Waals surface area contributed by atoms with Crippen molar-refractivity contribution in [3.8, 4) is 5.75 Å². The highest BCUT2D eigenvalue weighted by Gasteiger charge is 2.22. The van der Waals surface area contributed by atoms with Crippen molar-refractivity contribution in [2.75, 3.05) is 13.2 Å². The molecule has 0 aliphatic heterocycles. The third-order valence-electron chi connectivity index (χ3n) is 3.04. The van der Waals surface area contributed by atoms with Gasteiger partial charge in [-0.2, -0.15) is 0 Å². The maximum absolute atomic E-state index is 11.6. The molecule has 0 heterocycles. The van der Waals surface area contributed by atoms with Crippen LogP contribution in [-0.4, -0.2) is 30.0 Å². The molecule has 0 saturated heterocycles. The van der Waals surface area contributed by atoms with E-state index >= 15 is 0 Å². The number of benzene rings is 1. The number of aryl methyl sites for hydroxylation is 1. The van der Waals surface area contributed by atoms with Crippen LogP contribution in [0.4, 0.5) is 0 Å². The lowest BCUT2D eigenvalue weighted by Crippen LogP contribution is -2.19. The molecule has 0 spiro atoms. The average molecular weight is 279 g/mol. The van der Waals surface area contributed by atoms with E-state index in [4.69, 9.17) is 10.5 Å². The Morgan fingerprint density at radius 3 is 2.65 bits per heavy atom. The molecule has 110 valence electrons. The van der Waals surface area contributed by atoms with Crippen LogP contribution >= 0.6 is 0 Å². The number of aromatic hydroxyl groups is 1. The monoisotopic (exact) mass is 279 g/mol. The van der Waals surface area contributed by atoms with Crippen molar-refractivity contribution in [2.45, 2.75) is 32.6 Å². The van der Waals surface area contributed by atoms with E-state index in [1.54, 1.807) is 25.1 Å². The molecule has 0 amide bonds. The Morgan fingerprint density at radius 2 is 2.05 bits per heavy atom. The van der Waals surface area contributed by atoms with Crippen molar-refractivity contribution in [2.24, 2.45) is 5.73 Å². The maximum Gasteiger partial charge on any atom is 0.306 e. The smallest absolute Gasteiger partial charge is 0.306 e. The lowest BCUT2D eigenvalue weighted by molar-refractivity contribution is -0.143. The maximum atomic E-state index is 11.6. The molecule has 0 aliphatic rings. The predicted molar refractivity (Wildman–Crippen MR) is 75.5 cm³/mol. The van der Waals surface area contributed by atoms with Crippen LogP contribution in [0, 0.1) is 6.92 Å². The highest BCUT2D eigenvalue weighted by molar-refractivity contribution is 5.82. The van der Waals surface area contributed by atoms with Crippen LogP contribution in [0.1, 0.15) is 36.8 Å². The number of phenolic OH excluding ortho intramolecular Hbond substituents is 1. The molecule has 1 unspecified atom stereocenters. The molecule has 1 atom stereocenters. The minimum absolute atomic E-state index is 0.0522. The highest BCUT2D eigenvalue weighted by atomic mass is 16.5. The Balaban J connectivity index is 2.99. The zero-order valence-electron chi connectivity index (χ0n) is 11.9. The molecule has 1 rings (SSSR count). The standard InChI is InChI=1S/C15H21NO4/c1-3-20-15(19)8-11(7-12(17)9-16)13-6-10(2)4-5-14(13)18/h4-6,11,18H,3,7-9,16H2,1-2H3. The Bertz CT molecular complexity index is 485. The van der Waals surface area contributed by atoms with Crippen LogP contribution in [0.2, 0.25) is 0 Å². The first-order valence-corrected chi connectivity index (χ1v) is 6.64. The first-order chi connectivity index (χ1) is 9.47. The molecule has 0 radical (unpaired) electrons. The van der Waals surface area contributed by atoms with E-state index in [-0.39, 0.29) is 43.5 Å². The minimum Gasteiger partial charge on any atom is -0.508 e. The number of ether oxygens (including phenoxy) is 1. The summed E-state index contributed by atoms with van der Waals surface area (Å²) in [6.45, 7) is 3.82. The first kappa shape index (κ1) is 16.2. The van der Waals surface area contributed by atoms with E-state index in [2.05, 4.69) is 0 Å². The van der Waals surface area contributed by atoms with E-state index in [0.717, 1.165) is 5.56 Å². The molecule has 5 heteroatoms. The summed E-state index contributed by atoms with van der Waals surface area (Å²) in [5.74, 6) is -0.872. The van der Waals surface area contributed by atoms with Crippen molar-refractivity contribution in [1.82, 2.24) is 0 Å². The summed E-state index contributed by atoms with van der Waals surface area (Å²) in [5, 5.41) is 9.94. The van der Waals surface area contributed by atoms with E-state index in [0.29, 0.717) is 5.56 Å². The number of hydrogen-bond donors (Lipinski definition) is 2. The van der Waals surface area contributed by atoms with Gasteiger partial charge in [0.1, 0.15) is 11.5 Å². The number of hydrogen-bond acceptors (Lipinski definition) is 5. The van der Waals surface area contributed by atoms with Crippen LogP contribution in [0.25, 0.3) is 0 Å². The average Bonchev–Trinajstić information content (AvgIpc) is 2.41. The number of carbonyl (C=O) groups excluding carboxylic acids is 2. The van der Waals surface area contributed by atoms with Gasteiger partial charge < -0.3 is 15.6 Å². The van der Waals surface area contributed by atoms with Crippen molar-refractivity contribution in [1.29, 1.82) is 0 Å². The molecule has 20 heavy (non-hydrogen) atoms. The third-order valence-corrected chi connectivity index (χ3v) is 3.04. The lowest BCUT2D eigenvalue weighted by atomic mass is 9.89. The minimum atomic E-state index is -0.412. The van der Waals surface area contributed by atoms with Gasteiger partial charge in [0.2, 0.25) is 0 Å². The summed E-state index contributed by atoms with van der Waals surface area (Å²) < 4.78 is 4.92. The SMILES string of the molecule is CCOC(=O)CC(CC(=O)CN)c1cc(C)ccc1O. The molecule has 5 nitrogen and oxygen atoms in total. The van der Waals surface area contributed by atoms with Gasteiger partial charge in [0.05, 0.1) is 19.6 Å². The van der Waals surface area contributed by atoms with Gasteiger partial charge in [-0.3, -0.25) is 9.59 Å². The summed E-state index contributed by atoms with van der Waals surface area (Å²) >= 11 is 0. The van der Waals surface area contributed by atoms with Crippen LogP contribution in [0.5, 0.6) is 5.75 Å². The van der Waals surface area contributed by atoms with Gasteiger partial charge in [-0.1, -0.05) is 17.7 Å². The van der Waals surface area contributed by atoms with E-state index < -0.39 is 5.92 Å². The second-order valence-electron chi connectivity index (χ2n) is 4.72. The topological polar surface area (TPSA) is 89.6 Å². The molecule has 1 aromatic carbocycles. The van der Waals surface area contributed by atoms with E-state index in [9.17, 15) is 14.7 Å². The summed E-state index contributed by atoms with van der Waals surface area (Å²) in [6.07, 6.45) is 0.170. The van der Waals surface area contributed by atoms with Crippen molar-refractivity contribution in [3.63, 3.8) is 0 Å². The number of esters is 1. The fourth-order valence-electron chi connectivity index (χ4n) is 2.07. The highest BCUT2D eigenvalue weighted by Crippen LogP contribution is 2.32. The number of nitrogens with two attached hydrogens (primary N) is 1. The second kappa shape index (κ2) is 7.65. The molecule has 0 aliphatic carbocycles. The summed E-state index contributed by atoms with van der Waals surface area (Å²) in [5.41, 5.74) is 6.86. The first-order valence-electron chi connectivity index (χ1n) is 6.64. The van der Waals surface area contributed by atoms with Crippen LogP contribution in [-0.2, 0) is 14.3 Å². The predicted octanol–water partition coefficient (Wildman–Crippen LogP) is 1.66. The number of phenols is 1. The Labute approximate surface area is 118 Å². The molecular weight excluding hydrogens is 258 g/mol. The van der Waals surface area contributed by atoms with Gasteiger partial charge in [0.15, 0.2) is 0 Å². The fraction of sp³-hybridized carbons (Fsp3) is 0.467. The zero-order chi connectivity index (χ0) is 15.1. The quantitative estimate of drug-likeness (QED) is 0.741. The number of carbonyl (C=O) groups is 2. The lowest BCUT2D eigenvalue weighted by Gasteiger charge is -2.17. The summed E-state index contributed by atoms with van der Waals surface area (Å²) in [6, 6.07) is 5.11. The molecule has 0 fully saturated rings. The van der Waals surface area contributed by atoms with Crippen molar-refractivity contribution >= 4 is 11.8 Å². The third kappa shape index (κ3) is 4.66.